The SMILES string of the molecule is CCNC(c1ccc(F)c(C)c1)c1ccc([N+](=O)[O-])o1. The number of benzene rings is 1. The predicted octanol–water partition coefficient (Wildman–Crippen LogP) is 3.33. The lowest BCUT2D eigenvalue weighted by Gasteiger charge is -2.16. The molecule has 1 atom stereocenters. The Morgan fingerprint density at radius 1 is 1.40 bits per heavy atom. The molecule has 0 radical (unpaired) electrons. The van der Waals surface area contributed by atoms with Gasteiger partial charge in [0, 0.05) is 0 Å². The zero-order valence-electron chi connectivity index (χ0n) is 11.2. The van der Waals surface area contributed by atoms with Crippen molar-refractivity contribution in [3.63, 3.8) is 0 Å². The van der Waals surface area contributed by atoms with Crippen molar-refractivity contribution in [1.29, 1.82) is 0 Å². The topological polar surface area (TPSA) is 68.3 Å². The Labute approximate surface area is 115 Å². The molecule has 2 aromatic rings. The van der Waals surface area contributed by atoms with Crippen LogP contribution in [0.2, 0.25) is 0 Å². The summed E-state index contributed by atoms with van der Waals surface area (Å²) in [4.78, 5) is 10.1. The summed E-state index contributed by atoms with van der Waals surface area (Å²) in [6, 6.07) is 7.26. The predicted molar refractivity (Wildman–Crippen MR) is 72.0 cm³/mol. The summed E-state index contributed by atoms with van der Waals surface area (Å²) >= 11 is 0. The first-order valence-corrected chi connectivity index (χ1v) is 6.26. The Morgan fingerprint density at radius 3 is 2.70 bits per heavy atom. The fourth-order valence-electron chi connectivity index (χ4n) is 2.03. The van der Waals surface area contributed by atoms with Crippen LogP contribution in [-0.2, 0) is 0 Å². The van der Waals surface area contributed by atoms with Crippen molar-refractivity contribution < 1.29 is 13.7 Å². The Hall–Kier alpha value is -2.21. The highest BCUT2D eigenvalue weighted by Gasteiger charge is 2.21. The van der Waals surface area contributed by atoms with Crippen molar-refractivity contribution >= 4 is 5.88 Å². The first-order chi connectivity index (χ1) is 9.52. The average molecular weight is 278 g/mol. The van der Waals surface area contributed by atoms with Crippen LogP contribution in [0.4, 0.5) is 10.3 Å². The van der Waals surface area contributed by atoms with Crippen molar-refractivity contribution in [2.45, 2.75) is 19.9 Å². The van der Waals surface area contributed by atoms with E-state index in [1.165, 1.54) is 12.1 Å². The van der Waals surface area contributed by atoms with Crippen molar-refractivity contribution in [2.75, 3.05) is 6.54 Å². The summed E-state index contributed by atoms with van der Waals surface area (Å²) in [5.74, 6) is -0.152. The summed E-state index contributed by atoms with van der Waals surface area (Å²) in [6.07, 6.45) is 0. The highest BCUT2D eigenvalue weighted by Crippen LogP contribution is 2.27. The van der Waals surface area contributed by atoms with E-state index in [-0.39, 0.29) is 17.7 Å². The van der Waals surface area contributed by atoms with E-state index in [2.05, 4.69) is 5.32 Å². The minimum Gasteiger partial charge on any atom is -0.404 e. The third-order valence-electron chi connectivity index (χ3n) is 3.00. The maximum Gasteiger partial charge on any atom is 0.433 e. The van der Waals surface area contributed by atoms with Gasteiger partial charge in [-0.2, -0.15) is 0 Å². The maximum absolute atomic E-state index is 13.3. The van der Waals surface area contributed by atoms with Crippen molar-refractivity contribution in [3.8, 4) is 0 Å². The molecule has 106 valence electrons. The van der Waals surface area contributed by atoms with Crippen molar-refractivity contribution in [2.24, 2.45) is 0 Å². The number of nitrogens with zero attached hydrogens (tertiary/aromatic N) is 1. The van der Waals surface area contributed by atoms with Gasteiger partial charge in [-0.1, -0.05) is 19.1 Å². The van der Waals surface area contributed by atoms with Crippen LogP contribution < -0.4 is 5.32 Å². The van der Waals surface area contributed by atoms with Gasteiger partial charge in [0.25, 0.3) is 0 Å². The van der Waals surface area contributed by atoms with Crippen LogP contribution in [0, 0.1) is 22.9 Å². The Balaban J connectivity index is 2.38. The Bertz CT molecular complexity index is 625. The average Bonchev–Trinajstić information content (AvgIpc) is 2.89. The molecule has 0 aliphatic heterocycles. The summed E-state index contributed by atoms with van der Waals surface area (Å²) in [5.41, 5.74) is 1.32. The number of halogens is 1. The van der Waals surface area contributed by atoms with Gasteiger partial charge in [0.15, 0.2) is 0 Å². The zero-order chi connectivity index (χ0) is 14.7. The van der Waals surface area contributed by atoms with Gasteiger partial charge in [-0.05, 0) is 36.7 Å². The largest absolute Gasteiger partial charge is 0.433 e. The maximum atomic E-state index is 13.3. The number of hydrogen-bond donors (Lipinski definition) is 1. The molecule has 0 fully saturated rings. The highest BCUT2D eigenvalue weighted by atomic mass is 19.1. The molecule has 0 saturated carbocycles. The summed E-state index contributed by atoms with van der Waals surface area (Å²) < 4.78 is 18.6. The van der Waals surface area contributed by atoms with Crippen LogP contribution in [0.25, 0.3) is 0 Å². The number of aryl methyl sites for hydroxylation is 1. The van der Waals surface area contributed by atoms with Gasteiger partial charge < -0.3 is 9.73 Å². The highest BCUT2D eigenvalue weighted by molar-refractivity contribution is 5.33. The van der Waals surface area contributed by atoms with E-state index < -0.39 is 4.92 Å². The molecule has 1 N–H and O–H groups in total. The number of rotatable bonds is 5. The molecule has 20 heavy (non-hydrogen) atoms. The molecule has 0 saturated heterocycles. The molecule has 1 aromatic carbocycles. The van der Waals surface area contributed by atoms with Crippen molar-refractivity contribution in [3.05, 3.63) is 63.2 Å². The van der Waals surface area contributed by atoms with Gasteiger partial charge in [0.2, 0.25) is 0 Å². The first kappa shape index (κ1) is 14.2. The van der Waals surface area contributed by atoms with E-state index in [0.29, 0.717) is 17.9 Å². The van der Waals surface area contributed by atoms with E-state index >= 15 is 0 Å². The van der Waals surface area contributed by atoms with Crippen LogP contribution in [0.5, 0.6) is 0 Å². The molecule has 0 amide bonds. The smallest absolute Gasteiger partial charge is 0.404 e. The van der Waals surface area contributed by atoms with E-state index in [4.69, 9.17) is 4.42 Å². The molecule has 0 bridgehead atoms. The molecular formula is C14H15FN2O3. The lowest BCUT2D eigenvalue weighted by molar-refractivity contribution is -0.402. The normalized spacial score (nSPS) is 12.3. The second-order valence-corrected chi connectivity index (χ2v) is 4.43. The molecule has 1 heterocycles. The zero-order valence-corrected chi connectivity index (χ0v) is 11.2. The molecular weight excluding hydrogens is 263 g/mol. The number of nitro groups is 1. The fraction of sp³-hybridized carbons (Fsp3) is 0.286. The third-order valence-corrected chi connectivity index (χ3v) is 3.00. The number of hydrogen-bond acceptors (Lipinski definition) is 4. The standard InChI is InChI=1S/C14H15FN2O3/c1-3-16-14(10-4-5-11(15)9(2)8-10)12-6-7-13(20-12)17(18)19/h4-8,14,16H,3H2,1-2H3. The quantitative estimate of drug-likeness (QED) is 0.672. The minimum atomic E-state index is -0.581. The monoisotopic (exact) mass is 278 g/mol. The van der Waals surface area contributed by atoms with E-state index in [9.17, 15) is 14.5 Å². The third kappa shape index (κ3) is 2.85. The van der Waals surface area contributed by atoms with Gasteiger partial charge >= 0.3 is 5.88 Å². The Kier molecular flexibility index (Phi) is 4.14. The van der Waals surface area contributed by atoms with Crippen LogP contribution in [0.1, 0.15) is 29.9 Å². The van der Waals surface area contributed by atoms with Gasteiger partial charge in [-0.25, -0.2) is 4.39 Å². The van der Waals surface area contributed by atoms with Crippen LogP contribution in [0.15, 0.2) is 34.7 Å². The number of furan rings is 1. The van der Waals surface area contributed by atoms with Crippen LogP contribution in [-0.4, -0.2) is 11.5 Å². The molecule has 1 aromatic heterocycles. The van der Waals surface area contributed by atoms with E-state index in [0.717, 1.165) is 5.56 Å². The van der Waals surface area contributed by atoms with Crippen LogP contribution in [0.3, 0.4) is 0 Å². The molecule has 6 heteroatoms. The van der Waals surface area contributed by atoms with Crippen LogP contribution >= 0.6 is 0 Å². The van der Waals surface area contributed by atoms with Gasteiger partial charge in [0.05, 0.1) is 12.1 Å². The molecule has 0 aliphatic carbocycles. The Morgan fingerprint density at radius 2 is 2.15 bits per heavy atom. The van der Waals surface area contributed by atoms with E-state index in [1.807, 2.05) is 6.92 Å². The fourth-order valence-corrected chi connectivity index (χ4v) is 2.03. The van der Waals surface area contributed by atoms with Gasteiger partial charge in [-0.15, -0.1) is 0 Å². The molecule has 1 unspecified atom stereocenters. The van der Waals surface area contributed by atoms with E-state index in [1.54, 1.807) is 25.1 Å². The summed E-state index contributed by atoms with van der Waals surface area (Å²) in [5, 5.41) is 13.8. The van der Waals surface area contributed by atoms with Gasteiger partial charge in [-0.3, -0.25) is 10.1 Å². The van der Waals surface area contributed by atoms with Crippen molar-refractivity contribution in [1.82, 2.24) is 5.32 Å². The lowest BCUT2D eigenvalue weighted by atomic mass is 10.0. The minimum absolute atomic E-state index is 0.283. The molecule has 5 nitrogen and oxygen atoms in total. The van der Waals surface area contributed by atoms with Gasteiger partial charge in [0.1, 0.15) is 16.5 Å². The molecule has 2 rings (SSSR count). The molecule has 0 aliphatic rings. The lowest BCUT2D eigenvalue weighted by Crippen LogP contribution is -2.21. The molecule has 0 spiro atoms. The second kappa shape index (κ2) is 5.83. The second-order valence-electron chi connectivity index (χ2n) is 4.43. The first-order valence-electron chi connectivity index (χ1n) is 6.26. The number of nitrogens with one attached hydrogen (secondary N) is 1. The summed E-state index contributed by atoms with van der Waals surface area (Å²) in [7, 11) is 0. The summed E-state index contributed by atoms with van der Waals surface area (Å²) in [6.45, 7) is 4.24.